The van der Waals surface area contributed by atoms with Crippen LogP contribution in [0, 0.1) is 0 Å². The molecule has 1 aromatic carbocycles. The Bertz CT molecular complexity index is 308. The van der Waals surface area contributed by atoms with E-state index < -0.39 is 0 Å². The van der Waals surface area contributed by atoms with E-state index >= 15 is 0 Å². The Hall–Kier alpha value is -1.48. The molecule has 0 fully saturated rings. The van der Waals surface area contributed by atoms with Gasteiger partial charge in [-0.15, -0.1) is 0 Å². The first kappa shape index (κ1) is 9.61. The number of hydrogen-bond donors (Lipinski definition) is 2. The molecular formula is C10H13NO2. The summed E-state index contributed by atoms with van der Waals surface area (Å²) in [6, 6.07) is 5.41. The van der Waals surface area contributed by atoms with Gasteiger partial charge in [-0.05, 0) is 17.7 Å². The van der Waals surface area contributed by atoms with E-state index in [-0.39, 0.29) is 6.61 Å². The molecule has 0 bridgehead atoms. The Labute approximate surface area is 77.4 Å². The van der Waals surface area contributed by atoms with Gasteiger partial charge in [0.15, 0.2) is 0 Å². The number of nitrogens with two attached hydrogens (primary N) is 1. The van der Waals surface area contributed by atoms with Crippen molar-refractivity contribution in [2.24, 2.45) is 0 Å². The highest BCUT2D eigenvalue weighted by Gasteiger charge is 1.95. The van der Waals surface area contributed by atoms with E-state index in [1.54, 1.807) is 25.3 Å². The predicted molar refractivity (Wildman–Crippen MR) is 53.5 cm³/mol. The number of benzene rings is 1. The van der Waals surface area contributed by atoms with Crippen LogP contribution in [0.5, 0.6) is 5.75 Å². The van der Waals surface area contributed by atoms with Crippen LogP contribution in [0.15, 0.2) is 24.3 Å². The number of aliphatic hydroxyl groups is 1. The van der Waals surface area contributed by atoms with E-state index in [4.69, 9.17) is 15.6 Å². The van der Waals surface area contributed by atoms with E-state index in [9.17, 15) is 0 Å². The second kappa shape index (κ2) is 4.52. The van der Waals surface area contributed by atoms with Crippen LogP contribution in [0.3, 0.4) is 0 Å². The van der Waals surface area contributed by atoms with Gasteiger partial charge in [0.25, 0.3) is 0 Å². The molecular weight excluding hydrogens is 166 g/mol. The molecule has 3 heteroatoms. The average Bonchev–Trinajstić information content (AvgIpc) is 2.14. The molecule has 1 rings (SSSR count). The standard InChI is InChI=1S/C10H13NO2/c1-13-10-6-8(3-2-4-12)5-9(11)7-10/h2-3,5-7,12H,4,11H2,1H3. The van der Waals surface area contributed by atoms with E-state index in [0.717, 1.165) is 11.3 Å². The summed E-state index contributed by atoms with van der Waals surface area (Å²) in [7, 11) is 1.59. The number of methoxy groups -OCH3 is 1. The van der Waals surface area contributed by atoms with Crippen LogP contribution in [0.4, 0.5) is 5.69 Å². The number of aliphatic hydroxyl groups excluding tert-OH is 1. The Kier molecular flexibility index (Phi) is 3.34. The predicted octanol–water partition coefficient (Wildman–Crippen LogP) is 1.28. The van der Waals surface area contributed by atoms with Crippen molar-refractivity contribution in [1.82, 2.24) is 0 Å². The monoisotopic (exact) mass is 179 g/mol. The molecule has 0 aliphatic heterocycles. The Morgan fingerprint density at radius 2 is 2.23 bits per heavy atom. The minimum atomic E-state index is 0.0249. The van der Waals surface area contributed by atoms with Gasteiger partial charge in [0.05, 0.1) is 13.7 Å². The molecule has 70 valence electrons. The second-order valence-electron chi connectivity index (χ2n) is 2.62. The third-order valence-electron chi connectivity index (χ3n) is 1.60. The fraction of sp³-hybridized carbons (Fsp3) is 0.200. The second-order valence-corrected chi connectivity index (χ2v) is 2.62. The van der Waals surface area contributed by atoms with E-state index in [1.807, 2.05) is 12.1 Å². The van der Waals surface area contributed by atoms with Crippen molar-refractivity contribution in [2.75, 3.05) is 19.5 Å². The zero-order chi connectivity index (χ0) is 9.68. The molecule has 0 aliphatic carbocycles. The lowest BCUT2D eigenvalue weighted by Gasteiger charge is -2.02. The van der Waals surface area contributed by atoms with Crippen molar-refractivity contribution in [2.45, 2.75) is 0 Å². The summed E-state index contributed by atoms with van der Waals surface area (Å²) < 4.78 is 5.04. The topological polar surface area (TPSA) is 55.5 Å². The normalized spacial score (nSPS) is 10.6. The van der Waals surface area contributed by atoms with Gasteiger partial charge in [0.1, 0.15) is 5.75 Å². The molecule has 1 aromatic rings. The highest BCUT2D eigenvalue weighted by atomic mass is 16.5. The third kappa shape index (κ3) is 2.80. The molecule has 0 radical (unpaired) electrons. The van der Waals surface area contributed by atoms with Gasteiger partial charge in [0, 0.05) is 11.8 Å². The Morgan fingerprint density at radius 3 is 2.85 bits per heavy atom. The number of nitrogen functional groups attached to an aromatic ring is 1. The van der Waals surface area contributed by atoms with Crippen LogP contribution in [0.25, 0.3) is 6.08 Å². The Morgan fingerprint density at radius 1 is 1.46 bits per heavy atom. The van der Waals surface area contributed by atoms with Crippen molar-refractivity contribution < 1.29 is 9.84 Å². The van der Waals surface area contributed by atoms with Gasteiger partial charge in [-0.3, -0.25) is 0 Å². The van der Waals surface area contributed by atoms with Crippen molar-refractivity contribution in [3.8, 4) is 5.75 Å². The summed E-state index contributed by atoms with van der Waals surface area (Å²) >= 11 is 0. The molecule has 13 heavy (non-hydrogen) atoms. The maximum atomic E-state index is 8.57. The minimum Gasteiger partial charge on any atom is -0.497 e. The van der Waals surface area contributed by atoms with Gasteiger partial charge in [-0.25, -0.2) is 0 Å². The van der Waals surface area contributed by atoms with Crippen LogP contribution in [-0.4, -0.2) is 18.8 Å². The maximum Gasteiger partial charge on any atom is 0.121 e. The Balaban J connectivity index is 2.94. The van der Waals surface area contributed by atoms with Gasteiger partial charge in [0.2, 0.25) is 0 Å². The van der Waals surface area contributed by atoms with Gasteiger partial charge in [-0.1, -0.05) is 12.2 Å². The van der Waals surface area contributed by atoms with Crippen LogP contribution in [0.1, 0.15) is 5.56 Å². The largest absolute Gasteiger partial charge is 0.497 e. The van der Waals surface area contributed by atoms with Gasteiger partial charge in [-0.2, -0.15) is 0 Å². The fourth-order valence-corrected chi connectivity index (χ4v) is 1.05. The molecule has 0 spiro atoms. The van der Waals surface area contributed by atoms with Crippen molar-refractivity contribution in [3.63, 3.8) is 0 Å². The quantitative estimate of drug-likeness (QED) is 0.687. The lowest BCUT2D eigenvalue weighted by Crippen LogP contribution is -1.89. The lowest BCUT2D eigenvalue weighted by molar-refractivity contribution is 0.343. The molecule has 0 saturated heterocycles. The number of hydrogen-bond acceptors (Lipinski definition) is 3. The first-order valence-electron chi connectivity index (χ1n) is 3.98. The summed E-state index contributed by atoms with van der Waals surface area (Å²) in [6.07, 6.45) is 3.44. The highest BCUT2D eigenvalue weighted by Crippen LogP contribution is 2.19. The van der Waals surface area contributed by atoms with Gasteiger partial charge < -0.3 is 15.6 Å². The molecule has 0 saturated carbocycles. The smallest absolute Gasteiger partial charge is 0.121 e. The first-order chi connectivity index (χ1) is 6.26. The van der Waals surface area contributed by atoms with Crippen molar-refractivity contribution in [1.29, 1.82) is 0 Å². The number of ether oxygens (including phenoxy) is 1. The van der Waals surface area contributed by atoms with E-state index in [2.05, 4.69) is 0 Å². The van der Waals surface area contributed by atoms with Crippen LogP contribution >= 0.6 is 0 Å². The zero-order valence-corrected chi connectivity index (χ0v) is 7.53. The molecule has 0 unspecified atom stereocenters. The molecule has 3 nitrogen and oxygen atoms in total. The first-order valence-corrected chi connectivity index (χ1v) is 3.98. The SMILES string of the molecule is COc1cc(N)cc(C=CCO)c1. The van der Waals surface area contributed by atoms with Crippen LogP contribution < -0.4 is 10.5 Å². The molecule has 0 aromatic heterocycles. The molecule has 0 heterocycles. The zero-order valence-electron chi connectivity index (χ0n) is 7.53. The third-order valence-corrected chi connectivity index (χ3v) is 1.60. The summed E-state index contributed by atoms with van der Waals surface area (Å²) in [6.45, 7) is 0.0249. The number of rotatable bonds is 3. The fourth-order valence-electron chi connectivity index (χ4n) is 1.05. The van der Waals surface area contributed by atoms with E-state index in [0.29, 0.717) is 5.69 Å². The summed E-state index contributed by atoms with van der Waals surface area (Å²) in [4.78, 5) is 0. The molecule has 0 amide bonds. The summed E-state index contributed by atoms with van der Waals surface area (Å²) in [5.74, 6) is 0.720. The number of anilines is 1. The molecule has 0 atom stereocenters. The van der Waals surface area contributed by atoms with Crippen molar-refractivity contribution >= 4 is 11.8 Å². The van der Waals surface area contributed by atoms with Gasteiger partial charge >= 0.3 is 0 Å². The van der Waals surface area contributed by atoms with Crippen molar-refractivity contribution in [3.05, 3.63) is 29.8 Å². The van der Waals surface area contributed by atoms with E-state index in [1.165, 1.54) is 0 Å². The molecule has 0 aliphatic rings. The summed E-state index contributed by atoms with van der Waals surface area (Å²) in [5.41, 5.74) is 7.20. The average molecular weight is 179 g/mol. The minimum absolute atomic E-state index is 0.0249. The highest BCUT2D eigenvalue weighted by molar-refractivity contribution is 5.59. The molecule has 3 N–H and O–H groups in total. The maximum absolute atomic E-state index is 8.57. The lowest BCUT2D eigenvalue weighted by atomic mass is 10.2. The van der Waals surface area contributed by atoms with Crippen LogP contribution in [0.2, 0.25) is 0 Å². The summed E-state index contributed by atoms with van der Waals surface area (Å²) in [5, 5.41) is 8.57. The van der Waals surface area contributed by atoms with Crippen LogP contribution in [-0.2, 0) is 0 Å².